The molecule has 0 rings (SSSR count). The van der Waals surface area contributed by atoms with Crippen molar-refractivity contribution in [3.05, 3.63) is 0 Å². The monoisotopic (exact) mass is 362 g/mol. The number of nitrogens with zero attached hydrogens (tertiary/aromatic N) is 1. The first-order valence-electron chi connectivity index (χ1n) is 9.95. The first kappa shape index (κ1) is 28.7. The third-order valence-electron chi connectivity index (χ3n) is 3.94. The molecule has 0 aromatic rings. The molecule has 5 heteroatoms. The van der Waals surface area contributed by atoms with Crippen LogP contribution in [0.5, 0.6) is 0 Å². The van der Waals surface area contributed by atoms with Gasteiger partial charge < -0.3 is 14.7 Å². The van der Waals surface area contributed by atoms with Crippen LogP contribution in [0.2, 0.25) is 0 Å². The fourth-order valence-electron chi connectivity index (χ4n) is 2.64. The van der Waals surface area contributed by atoms with Gasteiger partial charge in [0, 0.05) is 13.8 Å². The average molecular weight is 363 g/mol. The third-order valence-corrected chi connectivity index (χ3v) is 3.94. The molecule has 0 aliphatic heterocycles. The number of rotatable bonds is 12. The Labute approximate surface area is 156 Å². The Kier molecular flexibility index (Phi) is 24.0. The third kappa shape index (κ3) is 28.0. The second-order valence-electron chi connectivity index (χ2n) is 6.69. The van der Waals surface area contributed by atoms with E-state index in [1.165, 1.54) is 82.0 Å². The van der Waals surface area contributed by atoms with Gasteiger partial charge in [0.2, 0.25) is 0 Å². The largest absolute Gasteiger partial charge is 0.481 e. The van der Waals surface area contributed by atoms with E-state index < -0.39 is 11.9 Å². The van der Waals surface area contributed by atoms with Crippen molar-refractivity contribution in [1.29, 1.82) is 0 Å². The highest BCUT2D eigenvalue weighted by Gasteiger charge is 2.24. The van der Waals surface area contributed by atoms with Crippen LogP contribution in [0.15, 0.2) is 0 Å². The minimum Gasteiger partial charge on any atom is -0.481 e. The zero-order chi connectivity index (χ0) is 20.1. The van der Waals surface area contributed by atoms with Crippen molar-refractivity contribution in [2.24, 2.45) is 0 Å². The summed E-state index contributed by atoms with van der Waals surface area (Å²) in [4.78, 5) is 18.0. The molecule has 0 amide bonds. The average Bonchev–Trinajstić information content (AvgIpc) is 2.52. The summed E-state index contributed by atoms with van der Waals surface area (Å²) in [7, 11) is 0. The standard InChI is InChI=1S/C16H36N.2C2H4O2/c1-5-9-13-17(14-10-6-2,15-11-7-3)16-12-8-4;2*1-2(3)4/h5-16H2,1-4H3;2*1H3,(H,3,4)/q+1;;. The zero-order valence-corrected chi connectivity index (χ0v) is 17.6. The molecular weight excluding hydrogens is 318 g/mol. The maximum Gasteiger partial charge on any atom is 0.300 e. The van der Waals surface area contributed by atoms with Gasteiger partial charge in [-0.15, -0.1) is 0 Å². The van der Waals surface area contributed by atoms with Gasteiger partial charge in [-0.2, -0.15) is 0 Å². The van der Waals surface area contributed by atoms with Gasteiger partial charge in [-0.05, 0) is 25.7 Å². The molecular formula is C20H44NO4+. The van der Waals surface area contributed by atoms with Crippen molar-refractivity contribution >= 4 is 11.9 Å². The van der Waals surface area contributed by atoms with Crippen LogP contribution in [0.25, 0.3) is 0 Å². The molecule has 0 aromatic carbocycles. The number of aliphatic carboxylic acids is 2. The molecule has 0 unspecified atom stereocenters. The summed E-state index contributed by atoms with van der Waals surface area (Å²) in [6, 6.07) is 0. The topological polar surface area (TPSA) is 74.6 Å². The second-order valence-corrected chi connectivity index (χ2v) is 6.69. The van der Waals surface area contributed by atoms with Gasteiger partial charge >= 0.3 is 0 Å². The highest BCUT2D eigenvalue weighted by Crippen LogP contribution is 2.16. The van der Waals surface area contributed by atoms with Crippen LogP contribution in [-0.2, 0) is 9.59 Å². The van der Waals surface area contributed by atoms with Gasteiger partial charge in [0.25, 0.3) is 11.9 Å². The van der Waals surface area contributed by atoms with Crippen molar-refractivity contribution in [2.75, 3.05) is 26.2 Å². The second kappa shape index (κ2) is 20.9. The molecule has 0 atom stereocenters. The molecule has 0 aromatic heterocycles. The lowest BCUT2D eigenvalue weighted by Crippen LogP contribution is -2.50. The van der Waals surface area contributed by atoms with Crippen LogP contribution < -0.4 is 0 Å². The van der Waals surface area contributed by atoms with Crippen LogP contribution in [-0.4, -0.2) is 52.8 Å². The van der Waals surface area contributed by atoms with Crippen LogP contribution in [0, 0.1) is 0 Å². The number of carboxylic acids is 2. The van der Waals surface area contributed by atoms with Gasteiger partial charge in [0.05, 0.1) is 26.2 Å². The van der Waals surface area contributed by atoms with E-state index in [9.17, 15) is 0 Å². The van der Waals surface area contributed by atoms with E-state index >= 15 is 0 Å². The molecule has 0 bridgehead atoms. The number of carboxylic acid groups (broad SMARTS) is 2. The van der Waals surface area contributed by atoms with E-state index in [0.29, 0.717) is 0 Å². The lowest BCUT2D eigenvalue weighted by molar-refractivity contribution is -0.929. The molecule has 0 heterocycles. The molecule has 0 fully saturated rings. The Morgan fingerprint density at radius 1 is 0.600 bits per heavy atom. The molecule has 2 N–H and O–H groups in total. The molecule has 0 spiro atoms. The van der Waals surface area contributed by atoms with Gasteiger partial charge in [0.15, 0.2) is 0 Å². The minimum absolute atomic E-state index is 0.833. The van der Waals surface area contributed by atoms with Crippen LogP contribution in [0.3, 0.4) is 0 Å². The summed E-state index contributed by atoms with van der Waals surface area (Å²) in [6.45, 7) is 17.2. The Hall–Kier alpha value is -1.10. The lowest BCUT2D eigenvalue weighted by Gasteiger charge is -2.39. The molecule has 25 heavy (non-hydrogen) atoms. The van der Waals surface area contributed by atoms with E-state index in [2.05, 4.69) is 27.7 Å². The Balaban J connectivity index is -0.000000503. The van der Waals surface area contributed by atoms with E-state index in [0.717, 1.165) is 13.8 Å². The van der Waals surface area contributed by atoms with Gasteiger partial charge in [-0.1, -0.05) is 53.4 Å². The van der Waals surface area contributed by atoms with Gasteiger partial charge in [-0.25, -0.2) is 0 Å². The first-order chi connectivity index (χ1) is 11.7. The van der Waals surface area contributed by atoms with E-state index in [-0.39, 0.29) is 0 Å². The predicted octanol–water partition coefficient (Wildman–Crippen LogP) is 5.19. The molecule has 0 aliphatic rings. The molecule has 0 saturated heterocycles. The summed E-state index contributed by atoms with van der Waals surface area (Å²) < 4.78 is 1.42. The molecule has 0 radical (unpaired) electrons. The fourth-order valence-corrected chi connectivity index (χ4v) is 2.64. The number of quaternary nitrogens is 1. The smallest absolute Gasteiger partial charge is 0.300 e. The minimum atomic E-state index is -0.833. The van der Waals surface area contributed by atoms with Crippen LogP contribution in [0.4, 0.5) is 0 Å². The van der Waals surface area contributed by atoms with Crippen LogP contribution >= 0.6 is 0 Å². The quantitative estimate of drug-likeness (QED) is 0.469. The summed E-state index contributed by atoms with van der Waals surface area (Å²) in [5.74, 6) is -1.67. The van der Waals surface area contributed by atoms with Crippen LogP contribution in [0.1, 0.15) is 92.9 Å². The van der Waals surface area contributed by atoms with Gasteiger partial charge in [0.1, 0.15) is 0 Å². The highest BCUT2D eigenvalue weighted by molar-refractivity contribution is 5.63. The fraction of sp³-hybridized carbons (Fsp3) is 0.900. The van der Waals surface area contributed by atoms with Crippen molar-refractivity contribution in [3.8, 4) is 0 Å². The van der Waals surface area contributed by atoms with E-state index in [1.807, 2.05) is 0 Å². The van der Waals surface area contributed by atoms with E-state index in [1.54, 1.807) is 0 Å². The normalized spacial score (nSPS) is 10.2. The number of unbranched alkanes of at least 4 members (excludes halogenated alkanes) is 4. The maximum absolute atomic E-state index is 9.00. The summed E-state index contributed by atoms with van der Waals surface area (Å²) in [5, 5.41) is 14.8. The summed E-state index contributed by atoms with van der Waals surface area (Å²) >= 11 is 0. The first-order valence-corrected chi connectivity index (χ1v) is 9.95. The Morgan fingerprint density at radius 3 is 0.880 bits per heavy atom. The van der Waals surface area contributed by atoms with Crippen molar-refractivity contribution in [2.45, 2.75) is 92.9 Å². The maximum atomic E-state index is 9.00. The molecule has 0 aliphatic carbocycles. The summed E-state index contributed by atoms with van der Waals surface area (Å²) in [5.41, 5.74) is 0. The van der Waals surface area contributed by atoms with Crippen molar-refractivity contribution < 1.29 is 24.3 Å². The number of carbonyl (C=O) groups is 2. The molecule has 0 saturated carbocycles. The van der Waals surface area contributed by atoms with Gasteiger partial charge in [-0.3, -0.25) is 9.59 Å². The Morgan fingerprint density at radius 2 is 0.760 bits per heavy atom. The highest BCUT2D eigenvalue weighted by atomic mass is 16.4. The van der Waals surface area contributed by atoms with Crippen molar-refractivity contribution in [3.63, 3.8) is 0 Å². The van der Waals surface area contributed by atoms with E-state index in [4.69, 9.17) is 19.8 Å². The Bertz CT molecular complexity index is 249. The SMILES string of the molecule is CC(=O)O.CC(=O)O.CCCC[N+](CCCC)(CCCC)CCCC. The lowest BCUT2D eigenvalue weighted by atomic mass is 10.1. The number of hydrogen-bond donors (Lipinski definition) is 2. The summed E-state index contributed by atoms with van der Waals surface area (Å²) in [6.07, 6.45) is 11.1. The number of hydrogen-bond acceptors (Lipinski definition) is 2. The zero-order valence-electron chi connectivity index (χ0n) is 17.6. The van der Waals surface area contributed by atoms with Crippen molar-refractivity contribution in [1.82, 2.24) is 0 Å². The molecule has 152 valence electrons. The molecule has 5 nitrogen and oxygen atoms in total. The predicted molar refractivity (Wildman–Crippen MR) is 106 cm³/mol.